The maximum atomic E-state index is 5.68. The zero-order valence-electron chi connectivity index (χ0n) is 11.6. The van der Waals surface area contributed by atoms with E-state index in [2.05, 4.69) is 46.9 Å². The number of rotatable bonds is 8. The van der Waals surface area contributed by atoms with Crippen molar-refractivity contribution in [2.24, 2.45) is 0 Å². The van der Waals surface area contributed by atoms with Gasteiger partial charge in [0.15, 0.2) is 0 Å². The van der Waals surface area contributed by atoms with Gasteiger partial charge in [0.2, 0.25) is 11.8 Å². The molecule has 0 amide bonds. The Bertz CT molecular complexity index is 467. The van der Waals surface area contributed by atoms with Crippen LogP contribution in [0.1, 0.15) is 49.4 Å². The minimum atomic E-state index is 0.137. The van der Waals surface area contributed by atoms with Crippen molar-refractivity contribution >= 4 is 11.3 Å². The van der Waals surface area contributed by atoms with E-state index < -0.39 is 0 Å². The van der Waals surface area contributed by atoms with Gasteiger partial charge in [-0.05, 0) is 44.2 Å². The van der Waals surface area contributed by atoms with E-state index in [1.165, 1.54) is 4.88 Å². The molecule has 0 saturated heterocycles. The van der Waals surface area contributed by atoms with Crippen LogP contribution in [-0.2, 0) is 12.8 Å². The van der Waals surface area contributed by atoms with Crippen LogP contribution in [0.4, 0.5) is 0 Å². The summed E-state index contributed by atoms with van der Waals surface area (Å²) in [5.74, 6) is 1.44. The summed E-state index contributed by atoms with van der Waals surface area (Å²) in [5, 5.41) is 13.7. The van der Waals surface area contributed by atoms with E-state index in [4.69, 9.17) is 4.42 Å². The normalized spacial score (nSPS) is 12.7. The highest BCUT2D eigenvalue weighted by Gasteiger charge is 2.12. The average molecular weight is 279 g/mol. The van der Waals surface area contributed by atoms with Crippen LogP contribution in [0.5, 0.6) is 0 Å². The lowest BCUT2D eigenvalue weighted by molar-refractivity contribution is 0.391. The van der Waals surface area contributed by atoms with Crippen LogP contribution >= 0.6 is 11.3 Å². The molecule has 1 N–H and O–H groups in total. The summed E-state index contributed by atoms with van der Waals surface area (Å²) in [6.45, 7) is 5.17. The van der Waals surface area contributed by atoms with E-state index in [1.807, 2.05) is 0 Å². The molecule has 4 nitrogen and oxygen atoms in total. The molecule has 19 heavy (non-hydrogen) atoms. The number of thiophene rings is 1. The van der Waals surface area contributed by atoms with E-state index in [0.717, 1.165) is 38.1 Å². The molecule has 2 heterocycles. The summed E-state index contributed by atoms with van der Waals surface area (Å²) >= 11 is 1.80. The predicted octanol–water partition coefficient (Wildman–Crippen LogP) is 3.37. The van der Waals surface area contributed by atoms with Crippen LogP contribution < -0.4 is 5.32 Å². The van der Waals surface area contributed by atoms with E-state index in [9.17, 15) is 0 Å². The number of hydrogen-bond acceptors (Lipinski definition) is 5. The molecule has 0 aliphatic rings. The van der Waals surface area contributed by atoms with E-state index >= 15 is 0 Å². The Labute approximate surface area is 118 Å². The predicted molar refractivity (Wildman–Crippen MR) is 77.4 cm³/mol. The Kier molecular flexibility index (Phi) is 5.54. The van der Waals surface area contributed by atoms with E-state index in [1.54, 1.807) is 11.3 Å². The Balaban J connectivity index is 1.77. The molecular formula is C14H21N3OS. The lowest BCUT2D eigenvalue weighted by Gasteiger charge is -2.07. The van der Waals surface area contributed by atoms with Crippen molar-refractivity contribution in [2.75, 3.05) is 6.54 Å². The van der Waals surface area contributed by atoms with Gasteiger partial charge in [-0.2, -0.15) is 0 Å². The molecular weight excluding hydrogens is 258 g/mol. The monoisotopic (exact) mass is 279 g/mol. The van der Waals surface area contributed by atoms with Crippen LogP contribution in [0.25, 0.3) is 0 Å². The lowest BCUT2D eigenvalue weighted by atomic mass is 10.2. The topological polar surface area (TPSA) is 51.0 Å². The largest absolute Gasteiger partial charge is 0.424 e. The van der Waals surface area contributed by atoms with Crippen molar-refractivity contribution in [2.45, 2.75) is 45.6 Å². The summed E-state index contributed by atoms with van der Waals surface area (Å²) in [7, 11) is 0. The van der Waals surface area contributed by atoms with E-state index in [-0.39, 0.29) is 6.04 Å². The van der Waals surface area contributed by atoms with Gasteiger partial charge in [-0.3, -0.25) is 0 Å². The standard InChI is InChI=1S/C14H21N3OS/c1-3-9-15-11(2)14-17-16-13(18-14)8-4-6-12-7-5-10-19-12/h5,7,10-11,15H,3-4,6,8-9H2,1-2H3. The molecule has 5 heteroatoms. The molecule has 104 valence electrons. The van der Waals surface area contributed by atoms with Gasteiger partial charge in [0.05, 0.1) is 6.04 Å². The maximum Gasteiger partial charge on any atom is 0.233 e. The first-order valence-electron chi connectivity index (χ1n) is 6.87. The molecule has 0 aliphatic carbocycles. The minimum absolute atomic E-state index is 0.137. The number of nitrogens with one attached hydrogen (secondary N) is 1. The summed E-state index contributed by atoms with van der Waals surface area (Å²) in [6.07, 6.45) is 4.09. The summed E-state index contributed by atoms with van der Waals surface area (Å²) < 4.78 is 5.68. The molecule has 1 unspecified atom stereocenters. The highest BCUT2D eigenvalue weighted by Crippen LogP contribution is 2.14. The Hall–Kier alpha value is -1.20. The fourth-order valence-electron chi connectivity index (χ4n) is 1.86. The first-order chi connectivity index (χ1) is 9.29. The van der Waals surface area contributed by atoms with Crippen molar-refractivity contribution in [3.8, 4) is 0 Å². The number of hydrogen-bond donors (Lipinski definition) is 1. The third kappa shape index (κ3) is 4.44. The second-order valence-electron chi connectivity index (χ2n) is 4.64. The fourth-order valence-corrected chi connectivity index (χ4v) is 2.61. The lowest BCUT2D eigenvalue weighted by Crippen LogP contribution is -2.19. The van der Waals surface area contributed by atoms with Gasteiger partial charge < -0.3 is 9.73 Å². The number of aryl methyl sites for hydroxylation is 2. The highest BCUT2D eigenvalue weighted by molar-refractivity contribution is 7.09. The van der Waals surface area contributed by atoms with Crippen molar-refractivity contribution in [3.63, 3.8) is 0 Å². The molecule has 2 aromatic rings. The average Bonchev–Trinajstić information content (AvgIpc) is 3.07. The summed E-state index contributed by atoms with van der Waals surface area (Å²) in [6, 6.07) is 4.39. The molecule has 0 saturated carbocycles. The van der Waals surface area contributed by atoms with Crippen molar-refractivity contribution in [1.82, 2.24) is 15.5 Å². The highest BCUT2D eigenvalue weighted by atomic mass is 32.1. The first kappa shape index (κ1) is 14.2. The zero-order chi connectivity index (χ0) is 13.5. The van der Waals surface area contributed by atoms with Crippen LogP contribution in [0.3, 0.4) is 0 Å². The summed E-state index contributed by atoms with van der Waals surface area (Å²) in [4.78, 5) is 1.41. The van der Waals surface area contributed by atoms with Crippen LogP contribution in [0.15, 0.2) is 21.9 Å². The smallest absolute Gasteiger partial charge is 0.233 e. The van der Waals surface area contributed by atoms with Crippen LogP contribution in [-0.4, -0.2) is 16.7 Å². The molecule has 0 bridgehead atoms. The number of nitrogens with zero attached hydrogens (tertiary/aromatic N) is 2. The minimum Gasteiger partial charge on any atom is -0.424 e. The quantitative estimate of drug-likeness (QED) is 0.805. The Morgan fingerprint density at radius 3 is 3.00 bits per heavy atom. The fraction of sp³-hybridized carbons (Fsp3) is 0.571. The molecule has 1 atom stereocenters. The second kappa shape index (κ2) is 7.40. The third-order valence-corrected chi connectivity index (χ3v) is 3.88. The first-order valence-corrected chi connectivity index (χ1v) is 7.75. The van der Waals surface area contributed by atoms with Crippen molar-refractivity contribution in [3.05, 3.63) is 34.2 Å². The molecule has 2 rings (SSSR count). The van der Waals surface area contributed by atoms with Crippen LogP contribution in [0, 0.1) is 0 Å². The molecule has 0 spiro atoms. The SMILES string of the molecule is CCCNC(C)c1nnc(CCCc2cccs2)o1. The Morgan fingerprint density at radius 2 is 2.26 bits per heavy atom. The molecule has 0 aliphatic heterocycles. The van der Waals surface area contributed by atoms with Gasteiger partial charge in [-0.1, -0.05) is 13.0 Å². The molecule has 0 aromatic carbocycles. The molecule has 0 fully saturated rings. The van der Waals surface area contributed by atoms with Gasteiger partial charge in [-0.15, -0.1) is 21.5 Å². The van der Waals surface area contributed by atoms with Gasteiger partial charge in [-0.25, -0.2) is 0 Å². The van der Waals surface area contributed by atoms with Gasteiger partial charge in [0.1, 0.15) is 0 Å². The van der Waals surface area contributed by atoms with Gasteiger partial charge >= 0.3 is 0 Å². The van der Waals surface area contributed by atoms with Crippen molar-refractivity contribution in [1.29, 1.82) is 0 Å². The molecule has 0 radical (unpaired) electrons. The van der Waals surface area contributed by atoms with Gasteiger partial charge in [0, 0.05) is 11.3 Å². The summed E-state index contributed by atoms with van der Waals surface area (Å²) in [5.41, 5.74) is 0. The maximum absolute atomic E-state index is 5.68. The van der Waals surface area contributed by atoms with E-state index in [0.29, 0.717) is 5.89 Å². The number of aromatic nitrogens is 2. The van der Waals surface area contributed by atoms with Gasteiger partial charge in [0.25, 0.3) is 0 Å². The molecule has 2 aromatic heterocycles. The third-order valence-electron chi connectivity index (χ3n) is 2.95. The van der Waals surface area contributed by atoms with Crippen molar-refractivity contribution < 1.29 is 4.42 Å². The second-order valence-corrected chi connectivity index (χ2v) is 5.68. The zero-order valence-corrected chi connectivity index (χ0v) is 12.4. The van der Waals surface area contributed by atoms with Crippen LogP contribution in [0.2, 0.25) is 0 Å². The Morgan fingerprint density at radius 1 is 1.37 bits per heavy atom.